The topological polar surface area (TPSA) is 25.4 Å². The third-order valence-corrected chi connectivity index (χ3v) is 4.53. The van der Waals surface area contributed by atoms with Gasteiger partial charge in [-0.3, -0.25) is 0 Å². The van der Waals surface area contributed by atoms with E-state index in [4.69, 9.17) is 21.3 Å². The van der Waals surface area contributed by atoms with Gasteiger partial charge in [0.1, 0.15) is 5.82 Å². The van der Waals surface area contributed by atoms with Crippen molar-refractivity contribution >= 4 is 28.2 Å². The average Bonchev–Trinajstić information content (AvgIpc) is 2.84. The number of rotatable bonds is 2. The molecule has 0 amide bonds. The molecule has 1 aromatic heterocycles. The molecule has 1 aromatic carbocycles. The zero-order valence-corrected chi connectivity index (χ0v) is 12.0. The molecule has 2 aliphatic heterocycles. The first kappa shape index (κ1) is 12.4. The van der Waals surface area contributed by atoms with Crippen LogP contribution in [0.5, 0.6) is 0 Å². The molecule has 0 N–H and O–H groups in total. The summed E-state index contributed by atoms with van der Waals surface area (Å²) in [7, 11) is 0. The molecule has 4 rings (SSSR count). The average molecular weight is 289 g/mol. The van der Waals surface area contributed by atoms with Crippen LogP contribution in [0.25, 0.3) is 10.8 Å². The SMILES string of the molecule is ClCc1cc2ccccc2c(N2CC3CCC(C2)O3)n1. The summed E-state index contributed by atoms with van der Waals surface area (Å²) in [5, 5.41) is 2.43. The maximum Gasteiger partial charge on any atom is 0.136 e. The molecule has 0 spiro atoms. The Bertz CT molecular complexity index is 633. The summed E-state index contributed by atoms with van der Waals surface area (Å²) in [4.78, 5) is 7.16. The Labute approximate surface area is 123 Å². The van der Waals surface area contributed by atoms with E-state index < -0.39 is 0 Å². The van der Waals surface area contributed by atoms with Gasteiger partial charge in [-0.1, -0.05) is 24.3 Å². The molecule has 3 heterocycles. The Kier molecular flexibility index (Phi) is 3.04. The van der Waals surface area contributed by atoms with E-state index in [0.717, 1.165) is 24.6 Å². The van der Waals surface area contributed by atoms with Gasteiger partial charge in [-0.15, -0.1) is 11.6 Å². The maximum atomic E-state index is 6.00. The van der Waals surface area contributed by atoms with E-state index >= 15 is 0 Å². The van der Waals surface area contributed by atoms with Crippen LogP contribution in [0, 0.1) is 0 Å². The summed E-state index contributed by atoms with van der Waals surface area (Å²) in [6.07, 6.45) is 3.09. The summed E-state index contributed by atoms with van der Waals surface area (Å²) in [6, 6.07) is 10.5. The zero-order chi connectivity index (χ0) is 13.5. The van der Waals surface area contributed by atoms with Crippen molar-refractivity contribution in [1.29, 1.82) is 0 Å². The molecule has 0 radical (unpaired) electrons. The number of hydrogen-bond acceptors (Lipinski definition) is 3. The zero-order valence-electron chi connectivity index (χ0n) is 11.3. The van der Waals surface area contributed by atoms with Crippen LogP contribution in [0.3, 0.4) is 0 Å². The van der Waals surface area contributed by atoms with Gasteiger partial charge in [0.25, 0.3) is 0 Å². The third-order valence-electron chi connectivity index (χ3n) is 4.25. The number of hydrogen-bond donors (Lipinski definition) is 0. The molecule has 2 bridgehead atoms. The summed E-state index contributed by atoms with van der Waals surface area (Å²) in [6.45, 7) is 1.89. The number of anilines is 1. The fourth-order valence-electron chi connectivity index (χ4n) is 3.33. The van der Waals surface area contributed by atoms with Crippen molar-refractivity contribution in [2.24, 2.45) is 0 Å². The number of benzene rings is 1. The number of halogens is 1. The molecule has 2 unspecified atom stereocenters. The summed E-state index contributed by atoms with van der Waals surface area (Å²) < 4.78 is 5.92. The molecule has 0 saturated carbocycles. The molecule has 2 aromatic rings. The highest BCUT2D eigenvalue weighted by atomic mass is 35.5. The smallest absolute Gasteiger partial charge is 0.136 e. The molecular formula is C16H17ClN2O. The van der Waals surface area contributed by atoms with Crippen molar-refractivity contribution in [2.75, 3.05) is 18.0 Å². The number of pyridine rings is 1. The highest BCUT2D eigenvalue weighted by Gasteiger charge is 2.34. The van der Waals surface area contributed by atoms with E-state index in [1.165, 1.54) is 23.6 Å². The van der Waals surface area contributed by atoms with Gasteiger partial charge in [-0.25, -0.2) is 4.98 Å². The largest absolute Gasteiger partial charge is 0.371 e. The van der Waals surface area contributed by atoms with Gasteiger partial charge in [0, 0.05) is 18.5 Å². The lowest BCUT2D eigenvalue weighted by Gasteiger charge is -2.33. The molecular weight excluding hydrogens is 272 g/mol. The van der Waals surface area contributed by atoms with Crippen molar-refractivity contribution in [1.82, 2.24) is 4.98 Å². The lowest BCUT2D eigenvalue weighted by molar-refractivity contribution is 0.0303. The predicted molar refractivity (Wildman–Crippen MR) is 81.4 cm³/mol. The summed E-state index contributed by atoms with van der Waals surface area (Å²) in [5.74, 6) is 1.52. The highest BCUT2D eigenvalue weighted by molar-refractivity contribution is 6.17. The second kappa shape index (κ2) is 4.90. The Morgan fingerprint density at radius 3 is 2.70 bits per heavy atom. The number of nitrogens with zero attached hydrogens (tertiary/aromatic N) is 2. The number of fused-ring (bicyclic) bond motifs is 3. The van der Waals surface area contributed by atoms with Crippen LogP contribution in [-0.2, 0) is 10.6 Å². The van der Waals surface area contributed by atoms with Crippen molar-refractivity contribution in [3.63, 3.8) is 0 Å². The minimum Gasteiger partial charge on any atom is -0.371 e. The van der Waals surface area contributed by atoms with Crippen LogP contribution < -0.4 is 4.90 Å². The summed E-state index contributed by atoms with van der Waals surface area (Å²) in [5.41, 5.74) is 0.944. The first-order valence-electron chi connectivity index (χ1n) is 7.18. The number of aromatic nitrogens is 1. The van der Waals surface area contributed by atoms with E-state index in [0.29, 0.717) is 18.1 Å². The van der Waals surface area contributed by atoms with Crippen LogP contribution in [0.1, 0.15) is 18.5 Å². The van der Waals surface area contributed by atoms with Crippen LogP contribution in [-0.4, -0.2) is 30.3 Å². The second-order valence-electron chi connectivity index (χ2n) is 5.65. The Hall–Kier alpha value is -1.32. The van der Waals surface area contributed by atoms with E-state index in [9.17, 15) is 0 Å². The first-order valence-corrected chi connectivity index (χ1v) is 7.72. The molecule has 4 heteroatoms. The van der Waals surface area contributed by atoms with Gasteiger partial charge >= 0.3 is 0 Å². The Morgan fingerprint density at radius 1 is 1.20 bits per heavy atom. The maximum absolute atomic E-state index is 6.00. The van der Waals surface area contributed by atoms with Gasteiger partial charge in [-0.05, 0) is 24.3 Å². The quantitative estimate of drug-likeness (QED) is 0.793. The molecule has 104 valence electrons. The minimum atomic E-state index is 0.369. The molecule has 0 aliphatic carbocycles. The van der Waals surface area contributed by atoms with Gasteiger partial charge in [0.15, 0.2) is 0 Å². The first-order chi connectivity index (χ1) is 9.83. The van der Waals surface area contributed by atoms with Gasteiger partial charge in [0.2, 0.25) is 0 Å². The molecule has 3 nitrogen and oxygen atoms in total. The van der Waals surface area contributed by atoms with Gasteiger partial charge < -0.3 is 9.64 Å². The minimum absolute atomic E-state index is 0.369. The second-order valence-corrected chi connectivity index (χ2v) is 5.92. The van der Waals surface area contributed by atoms with Crippen molar-refractivity contribution in [3.05, 3.63) is 36.0 Å². The monoisotopic (exact) mass is 288 g/mol. The highest BCUT2D eigenvalue weighted by Crippen LogP contribution is 2.33. The fraction of sp³-hybridized carbons (Fsp3) is 0.438. The lowest BCUT2D eigenvalue weighted by atomic mass is 10.1. The van der Waals surface area contributed by atoms with E-state index in [1.807, 2.05) is 0 Å². The summed E-state index contributed by atoms with van der Waals surface area (Å²) >= 11 is 6.00. The van der Waals surface area contributed by atoms with E-state index in [2.05, 4.69) is 35.2 Å². The van der Waals surface area contributed by atoms with E-state index in [-0.39, 0.29) is 0 Å². The normalized spacial score (nSPS) is 25.4. The van der Waals surface area contributed by atoms with Crippen LogP contribution in [0.4, 0.5) is 5.82 Å². The number of alkyl halides is 1. The molecule has 20 heavy (non-hydrogen) atoms. The third kappa shape index (κ3) is 2.05. The molecule has 2 fully saturated rings. The van der Waals surface area contributed by atoms with Crippen LogP contribution in [0.2, 0.25) is 0 Å². The van der Waals surface area contributed by atoms with Crippen LogP contribution in [0.15, 0.2) is 30.3 Å². The van der Waals surface area contributed by atoms with E-state index in [1.54, 1.807) is 0 Å². The Morgan fingerprint density at radius 2 is 1.95 bits per heavy atom. The molecule has 2 saturated heterocycles. The standard InChI is InChI=1S/C16H17ClN2O/c17-8-12-7-11-3-1-2-4-15(11)16(18-12)19-9-13-5-6-14(10-19)20-13/h1-4,7,13-14H,5-6,8-10H2. The van der Waals surface area contributed by atoms with Gasteiger partial charge in [-0.2, -0.15) is 0 Å². The predicted octanol–water partition coefficient (Wildman–Crippen LogP) is 3.34. The number of ether oxygens (including phenoxy) is 1. The van der Waals surface area contributed by atoms with Crippen molar-refractivity contribution in [2.45, 2.75) is 30.9 Å². The molecule has 2 atom stereocenters. The number of morpholine rings is 1. The van der Waals surface area contributed by atoms with Gasteiger partial charge in [0.05, 0.1) is 23.8 Å². The molecule has 2 aliphatic rings. The fourth-order valence-corrected chi connectivity index (χ4v) is 3.47. The van der Waals surface area contributed by atoms with Crippen molar-refractivity contribution < 1.29 is 4.74 Å². The lowest BCUT2D eigenvalue weighted by Crippen LogP contribution is -2.43. The Balaban J connectivity index is 1.81. The van der Waals surface area contributed by atoms with Crippen LogP contribution >= 0.6 is 11.6 Å². The van der Waals surface area contributed by atoms with Crippen molar-refractivity contribution in [3.8, 4) is 0 Å².